The zero-order chi connectivity index (χ0) is 12.8. The Morgan fingerprint density at radius 1 is 1.39 bits per heavy atom. The summed E-state index contributed by atoms with van der Waals surface area (Å²) in [5, 5.41) is 21.7. The number of nitriles is 1. The van der Waals surface area contributed by atoms with Crippen LogP contribution in [0.4, 0.5) is 0 Å². The zero-order valence-electron chi connectivity index (χ0n) is 9.65. The topological polar surface area (TPSA) is 95.8 Å². The number of nitrogens with zero attached hydrogens (tertiary/aromatic N) is 4. The van der Waals surface area contributed by atoms with Gasteiger partial charge in [-0.3, -0.25) is 4.98 Å². The van der Waals surface area contributed by atoms with Crippen LogP contribution in [-0.2, 0) is 12.8 Å². The molecule has 0 amide bonds. The van der Waals surface area contributed by atoms with Crippen molar-refractivity contribution < 1.29 is 9.63 Å². The summed E-state index contributed by atoms with van der Waals surface area (Å²) in [6.07, 6.45) is 3.46. The van der Waals surface area contributed by atoms with E-state index in [1.807, 2.05) is 18.2 Å². The van der Waals surface area contributed by atoms with Gasteiger partial charge in [0.1, 0.15) is 0 Å². The highest BCUT2D eigenvalue weighted by Crippen LogP contribution is 2.08. The van der Waals surface area contributed by atoms with Gasteiger partial charge < -0.3 is 9.63 Å². The smallest absolute Gasteiger partial charge is 0.229 e. The first kappa shape index (κ1) is 12.2. The van der Waals surface area contributed by atoms with Crippen LogP contribution in [0.25, 0.3) is 0 Å². The Balaban J connectivity index is 1.96. The van der Waals surface area contributed by atoms with Gasteiger partial charge in [0.05, 0.1) is 25.0 Å². The molecule has 2 heterocycles. The average molecular weight is 244 g/mol. The number of hydrogen-bond donors (Lipinski definition) is 1. The van der Waals surface area contributed by atoms with Gasteiger partial charge in [0.25, 0.3) is 0 Å². The van der Waals surface area contributed by atoms with E-state index in [2.05, 4.69) is 15.1 Å². The highest BCUT2D eigenvalue weighted by Gasteiger charge is 2.12. The first-order chi connectivity index (χ1) is 8.78. The van der Waals surface area contributed by atoms with Crippen LogP contribution >= 0.6 is 0 Å². The maximum atomic E-state index is 9.44. The molecule has 0 aliphatic heterocycles. The Bertz CT molecular complexity index is 533. The van der Waals surface area contributed by atoms with Gasteiger partial charge in [0.2, 0.25) is 5.89 Å². The van der Waals surface area contributed by atoms with Gasteiger partial charge in [-0.25, -0.2) is 0 Å². The number of aliphatic hydroxyl groups excluding tert-OH is 1. The van der Waals surface area contributed by atoms with Gasteiger partial charge in [0.15, 0.2) is 5.82 Å². The number of hydrogen-bond acceptors (Lipinski definition) is 6. The molecule has 0 bridgehead atoms. The molecule has 0 radical (unpaired) electrons. The summed E-state index contributed by atoms with van der Waals surface area (Å²) in [7, 11) is 0. The fourth-order valence-corrected chi connectivity index (χ4v) is 1.51. The van der Waals surface area contributed by atoms with Gasteiger partial charge in [0, 0.05) is 18.8 Å². The average Bonchev–Trinajstić information content (AvgIpc) is 2.78. The third-order valence-corrected chi connectivity index (χ3v) is 2.36. The third-order valence-electron chi connectivity index (χ3n) is 2.36. The molecule has 1 N–H and O–H groups in total. The Labute approximate surface area is 104 Å². The molecule has 6 heteroatoms. The van der Waals surface area contributed by atoms with E-state index in [0.29, 0.717) is 18.1 Å². The molecule has 0 saturated carbocycles. The fraction of sp³-hybridized carbons (Fsp3) is 0.333. The first-order valence-electron chi connectivity index (χ1n) is 5.53. The molecule has 0 aromatic carbocycles. The lowest BCUT2D eigenvalue weighted by atomic mass is 10.2. The second kappa shape index (κ2) is 5.89. The quantitative estimate of drug-likeness (QED) is 0.838. The van der Waals surface area contributed by atoms with E-state index in [9.17, 15) is 5.11 Å². The molecule has 6 nitrogen and oxygen atoms in total. The van der Waals surface area contributed by atoms with Gasteiger partial charge >= 0.3 is 0 Å². The summed E-state index contributed by atoms with van der Waals surface area (Å²) in [5.41, 5.74) is 1.04. The predicted molar refractivity (Wildman–Crippen MR) is 61.3 cm³/mol. The normalized spacial score (nSPS) is 12.0. The molecule has 18 heavy (non-hydrogen) atoms. The Morgan fingerprint density at radius 2 is 2.17 bits per heavy atom. The van der Waals surface area contributed by atoms with E-state index in [1.54, 1.807) is 12.4 Å². The number of aromatic nitrogens is 3. The van der Waals surface area contributed by atoms with Crippen LogP contribution < -0.4 is 0 Å². The van der Waals surface area contributed by atoms with Crippen LogP contribution in [-0.4, -0.2) is 26.3 Å². The highest BCUT2D eigenvalue weighted by molar-refractivity contribution is 5.14. The SMILES string of the molecule is N#CCC(O)Cc1nc(Cc2ccncc2)no1. The van der Waals surface area contributed by atoms with Gasteiger partial charge in [-0.15, -0.1) is 0 Å². The van der Waals surface area contributed by atoms with E-state index in [1.165, 1.54) is 0 Å². The second-order valence-corrected chi connectivity index (χ2v) is 3.86. The number of rotatable bonds is 5. The lowest BCUT2D eigenvalue weighted by molar-refractivity contribution is 0.167. The molecule has 2 aromatic rings. The van der Waals surface area contributed by atoms with Crippen molar-refractivity contribution in [3.63, 3.8) is 0 Å². The predicted octanol–water partition coefficient (Wildman–Crippen LogP) is 0.872. The van der Waals surface area contributed by atoms with Crippen LogP contribution in [0, 0.1) is 11.3 Å². The second-order valence-electron chi connectivity index (χ2n) is 3.86. The minimum absolute atomic E-state index is 0.0576. The van der Waals surface area contributed by atoms with Crippen molar-refractivity contribution in [1.29, 1.82) is 5.26 Å². The summed E-state index contributed by atoms with van der Waals surface area (Å²) >= 11 is 0. The largest absolute Gasteiger partial charge is 0.392 e. The van der Waals surface area contributed by atoms with Gasteiger partial charge in [-0.05, 0) is 17.7 Å². The molecule has 1 atom stereocenters. The Morgan fingerprint density at radius 3 is 2.89 bits per heavy atom. The van der Waals surface area contributed by atoms with Crippen molar-refractivity contribution in [3.8, 4) is 6.07 Å². The van der Waals surface area contributed by atoms with Gasteiger partial charge in [-0.1, -0.05) is 5.16 Å². The molecule has 0 saturated heterocycles. The third kappa shape index (κ3) is 3.37. The summed E-state index contributed by atoms with van der Waals surface area (Å²) < 4.78 is 5.01. The van der Waals surface area contributed by atoms with Crippen LogP contribution in [0.3, 0.4) is 0 Å². The molecular weight excluding hydrogens is 232 g/mol. The molecular formula is C12H12N4O2. The van der Waals surface area contributed by atoms with Crippen LogP contribution in [0.1, 0.15) is 23.7 Å². The molecule has 0 spiro atoms. The van der Waals surface area contributed by atoms with Crippen molar-refractivity contribution >= 4 is 0 Å². The zero-order valence-corrected chi connectivity index (χ0v) is 9.65. The molecule has 1 unspecified atom stereocenters. The lowest BCUT2D eigenvalue weighted by Gasteiger charge is -1.99. The van der Waals surface area contributed by atoms with Crippen molar-refractivity contribution in [2.75, 3.05) is 0 Å². The van der Waals surface area contributed by atoms with E-state index >= 15 is 0 Å². The number of aliphatic hydroxyl groups is 1. The Kier molecular flexibility index (Phi) is 3.99. The molecule has 92 valence electrons. The molecule has 2 rings (SSSR count). The molecule has 0 aliphatic rings. The molecule has 0 aliphatic carbocycles. The first-order valence-corrected chi connectivity index (χ1v) is 5.53. The van der Waals surface area contributed by atoms with Crippen LogP contribution in [0.5, 0.6) is 0 Å². The van der Waals surface area contributed by atoms with Crippen molar-refractivity contribution in [3.05, 3.63) is 41.8 Å². The van der Waals surface area contributed by atoms with Gasteiger partial charge in [-0.2, -0.15) is 10.2 Å². The van der Waals surface area contributed by atoms with Crippen LogP contribution in [0.2, 0.25) is 0 Å². The summed E-state index contributed by atoms with van der Waals surface area (Å²) in [6, 6.07) is 5.64. The molecule has 0 fully saturated rings. The maximum Gasteiger partial charge on any atom is 0.229 e. The van der Waals surface area contributed by atoms with Crippen molar-refractivity contribution in [1.82, 2.24) is 15.1 Å². The Hall–Kier alpha value is -2.26. The van der Waals surface area contributed by atoms with E-state index in [0.717, 1.165) is 5.56 Å². The minimum atomic E-state index is -0.760. The summed E-state index contributed by atoms with van der Waals surface area (Å²) in [5.74, 6) is 0.905. The van der Waals surface area contributed by atoms with E-state index < -0.39 is 6.10 Å². The maximum absolute atomic E-state index is 9.44. The number of pyridine rings is 1. The lowest BCUT2D eigenvalue weighted by Crippen LogP contribution is -2.09. The van der Waals surface area contributed by atoms with Crippen molar-refractivity contribution in [2.45, 2.75) is 25.4 Å². The monoisotopic (exact) mass is 244 g/mol. The summed E-state index contributed by atoms with van der Waals surface area (Å²) in [4.78, 5) is 8.08. The van der Waals surface area contributed by atoms with E-state index in [-0.39, 0.29) is 12.8 Å². The minimum Gasteiger partial charge on any atom is -0.392 e. The molecule has 2 aromatic heterocycles. The van der Waals surface area contributed by atoms with Crippen LogP contribution in [0.15, 0.2) is 29.0 Å². The fourth-order valence-electron chi connectivity index (χ4n) is 1.51. The standard InChI is InChI=1S/C12H12N4O2/c13-4-1-10(17)8-12-15-11(16-18-12)7-9-2-5-14-6-3-9/h2-3,5-6,10,17H,1,7-8H2. The summed E-state index contributed by atoms with van der Waals surface area (Å²) in [6.45, 7) is 0. The van der Waals surface area contributed by atoms with E-state index in [4.69, 9.17) is 9.78 Å². The van der Waals surface area contributed by atoms with Crippen molar-refractivity contribution in [2.24, 2.45) is 0 Å². The highest BCUT2D eigenvalue weighted by atomic mass is 16.5.